The maximum absolute atomic E-state index is 12.5. The van der Waals surface area contributed by atoms with E-state index in [1.165, 1.54) is 6.33 Å². The van der Waals surface area contributed by atoms with Crippen molar-refractivity contribution in [3.8, 4) is 0 Å². The van der Waals surface area contributed by atoms with Crippen molar-refractivity contribution >= 4 is 29.2 Å². The number of aromatic nitrogens is 4. The maximum Gasteiger partial charge on any atom is 0.255 e. The number of amides is 1. The molecule has 0 spiro atoms. The average Bonchev–Trinajstić information content (AvgIpc) is 3.27. The molecule has 0 saturated carbocycles. The highest BCUT2D eigenvalue weighted by Crippen LogP contribution is 2.19. The Morgan fingerprint density at radius 3 is 2.55 bits per heavy atom. The molecule has 1 saturated heterocycles. The highest BCUT2D eigenvalue weighted by molar-refractivity contribution is 7.98. The third-order valence-electron chi connectivity index (χ3n) is 4.82. The summed E-state index contributed by atoms with van der Waals surface area (Å²) < 4.78 is 0. The topological polar surface area (TPSA) is 90.0 Å². The molecule has 0 atom stereocenters. The van der Waals surface area contributed by atoms with E-state index in [-0.39, 0.29) is 5.91 Å². The number of benzene rings is 1. The molecule has 3 heterocycles. The Labute approximate surface area is 173 Å². The maximum atomic E-state index is 12.5. The second-order valence-corrected chi connectivity index (χ2v) is 7.89. The van der Waals surface area contributed by atoms with Gasteiger partial charge in [-0.2, -0.15) is 5.10 Å². The molecule has 150 valence electrons. The minimum absolute atomic E-state index is 0.145. The van der Waals surface area contributed by atoms with E-state index in [2.05, 4.69) is 42.3 Å². The van der Waals surface area contributed by atoms with E-state index in [4.69, 9.17) is 0 Å². The monoisotopic (exact) mass is 409 g/mol. The summed E-state index contributed by atoms with van der Waals surface area (Å²) in [5.41, 5.74) is 2.42. The zero-order valence-electron chi connectivity index (χ0n) is 16.2. The van der Waals surface area contributed by atoms with Crippen LogP contribution in [0.15, 0.2) is 54.1 Å². The summed E-state index contributed by atoms with van der Waals surface area (Å²) in [4.78, 5) is 25.7. The van der Waals surface area contributed by atoms with Gasteiger partial charge in [-0.15, -0.1) is 0 Å². The molecule has 0 unspecified atom stereocenters. The quantitative estimate of drug-likeness (QED) is 0.605. The van der Waals surface area contributed by atoms with E-state index in [9.17, 15) is 4.79 Å². The van der Waals surface area contributed by atoms with Crippen LogP contribution >= 0.6 is 11.8 Å². The first-order valence-electron chi connectivity index (χ1n) is 9.45. The fraction of sp³-hybridized carbons (Fsp3) is 0.300. The second kappa shape index (κ2) is 9.06. The fourth-order valence-corrected chi connectivity index (χ4v) is 3.79. The summed E-state index contributed by atoms with van der Waals surface area (Å²) in [7, 11) is 2.13. The van der Waals surface area contributed by atoms with Crippen molar-refractivity contribution in [2.75, 3.05) is 43.4 Å². The van der Waals surface area contributed by atoms with E-state index >= 15 is 0 Å². The molecule has 2 N–H and O–H groups in total. The third kappa shape index (κ3) is 5.12. The van der Waals surface area contributed by atoms with Crippen molar-refractivity contribution in [2.24, 2.45) is 0 Å². The van der Waals surface area contributed by atoms with Crippen LogP contribution in [-0.4, -0.2) is 64.2 Å². The number of H-pyrrole nitrogens is 1. The fourth-order valence-electron chi connectivity index (χ4n) is 3.05. The summed E-state index contributed by atoms with van der Waals surface area (Å²) in [5.74, 6) is 1.56. The number of carbonyl (C=O) groups excluding carboxylic acids is 1. The van der Waals surface area contributed by atoms with Gasteiger partial charge >= 0.3 is 0 Å². The SMILES string of the molecule is CN1CCN(c2ccc(NC(=O)c3ccc(CSc4ncn[nH]4)cc3)cn2)CC1. The molecule has 0 aliphatic carbocycles. The molecule has 1 aliphatic heterocycles. The Morgan fingerprint density at radius 1 is 1.10 bits per heavy atom. The zero-order valence-corrected chi connectivity index (χ0v) is 17.0. The van der Waals surface area contributed by atoms with Gasteiger partial charge in [0.1, 0.15) is 12.1 Å². The Kier molecular flexibility index (Phi) is 6.06. The minimum Gasteiger partial charge on any atom is -0.354 e. The lowest BCUT2D eigenvalue weighted by atomic mass is 10.1. The van der Waals surface area contributed by atoms with Crippen LogP contribution in [0, 0.1) is 0 Å². The summed E-state index contributed by atoms with van der Waals surface area (Å²) >= 11 is 1.57. The molecule has 3 aromatic rings. The number of pyridine rings is 1. The minimum atomic E-state index is -0.145. The van der Waals surface area contributed by atoms with Gasteiger partial charge in [-0.05, 0) is 36.9 Å². The first kappa shape index (κ1) is 19.4. The smallest absolute Gasteiger partial charge is 0.255 e. The predicted molar refractivity (Wildman–Crippen MR) is 114 cm³/mol. The number of nitrogens with one attached hydrogen (secondary N) is 2. The van der Waals surface area contributed by atoms with Crippen LogP contribution in [0.3, 0.4) is 0 Å². The molecule has 1 amide bonds. The first-order chi connectivity index (χ1) is 14.2. The van der Waals surface area contributed by atoms with E-state index < -0.39 is 0 Å². The lowest BCUT2D eigenvalue weighted by molar-refractivity contribution is 0.102. The highest BCUT2D eigenvalue weighted by Gasteiger charge is 2.15. The number of nitrogens with zero attached hydrogens (tertiary/aromatic N) is 5. The second-order valence-electron chi connectivity index (χ2n) is 6.93. The number of hydrogen-bond donors (Lipinski definition) is 2. The Hall–Kier alpha value is -2.91. The van der Waals surface area contributed by atoms with Gasteiger partial charge in [-0.25, -0.2) is 9.97 Å². The van der Waals surface area contributed by atoms with Crippen molar-refractivity contribution in [3.63, 3.8) is 0 Å². The van der Waals surface area contributed by atoms with E-state index in [1.807, 2.05) is 36.4 Å². The highest BCUT2D eigenvalue weighted by atomic mass is 32.2. The van der Waals surface area contributed by atoms with E-state index in [0.29, 0.717) is 11.3 Å². The van der Waals surface area contributed by atoms with Gasteiger partial charge in [0.25, 0.3) is 5.91 Å². The van der Waals surface area contributed by atoms with Gasteiger partial charge in [0.15, 0.2) is 5.16 Å². The molecule has 9 heteroatoms. The van der Waals surface area contributed by atoms with Crippen LogP contribution in [0.2, 0.25) is 0 Å². The largest absolute Gasteiger partial charge is 0.354 e. The lowest BCUT2D eigenvalue weighted by Crippen LogP contribution is -2.44. The normalized spacial score (nSPS) is 14.7. The van der Waals surface area contributed by atoms with Crippen LogP contribution in [0.25, 0.3) is 0 Å². The van der Waals surface area contributed by atoms with Gasteiger partial charge in [0.2, 0.25) is 0 Å². The summed E-state index contributed by atoms with van der Waals surface area (Å²) in [6, 6.07) is 11.4. The van der Waals surface area contributed by atoms with Crippen molar-refractivity contribution in [3.05, 3.63) is 60.0 Å². The average molecular weight is 410 g/mol. The van der Waals surface area contributed by atoms with Crippen molar-refractivity contribution < 1.29 is 4.79 Å². The molecule has 1 fully saturated rings. The number of thioether (sulfide) groups is 1. The molecule has 0 bridgehead atoms. The molecule has 1 aliphatic rings. The molecule has 8 nitrogen and oxygen atoms in total. The van der Waals surface area contributed by atoms with E-state index in [1.54, 1.807) is 18.0 Å². The van der Waals surface area contributed by atoms with E-state index in [0.717, 1.165) is 48.5 Å². The first-order valence-corrected chi connectivity index (χ1v) is 10.4. The summed E-state index contributed by atoms with van der Waals surface area (Å²) in [6.07, 6.45) is 3.20. The van der Waals surface area contributed by atoms with Gasteiger partial charge in [-0.3, -0.25) is 9.89 Å². The summed E-state index contributed by atoms with van der Waals surface area (Å²) in [6.45, 7) is 4.01. The Balaban J connectivity index is 1.31. The van der Waals surface area contributed by atoms with Gasteiger partial charge in [0, 0.05) is 37.5 Å². The zero-order chi connectivity index (χ0) is 20.1. The molecular weight excluding hydrogens is 386 g/mol. The Morgan fingerprint density at radius 2 is 1.90 bits per heavy atom. The number of likely N-dealkylation sites (N-methyl/N-ethyl adjacent to an activating group) is 1. The van der Waals surface area contributed by atoms with Gasteiger partial charge in [0.05, 0.1) is 11.9 Å². The number of hydrogen-bond acceptors (Lipinski definition) is 7. The molecule has 29 heavy (non-hydrogen) atoms. The van der Waals surface area contributed by atoms with Crippen molar-refractivity contribution in [1.29, 1.82) is 0 Å². The van der Waals surface area contributed by atoms with Gasteiger partial charge < -0.3 is 15.1 Å². The molecule has 2 aromatic heterocycles. The van der Waals surface area contributed by atoms with Crippen LogP contribution < -0.4 is 10.2 Å². The van der Waals surface area contributed by atoms with Crippen LogP contribution in [0.4, 0.5) is 11.5 Å². The van der Waals surface area contributed by atoms with Crippen molar-refractivity contribution in [1.82, 2.24) is 25.1 Å². The van der Waals surface area contributed by atoms with Crippen LogP contribution in [0.5, 0.6) is 0 Å². The van der Waals surface area contributed by atoms with Crippen LogP contribution in [-0.2, 0) is 5.75 Å². The standard InChI is InChI=1S/C20H23N7OS/c1-26-8-10-27(11-9-26)18-7-6-17(12-21-18)24-19(28)16-4-2-15(3-5-16)13-29-20-22-14-23-25-20/h2-7,12,14H,8-11,13H2,1H3,(H,24,28)(H,22,23,25). The third-order valence-corrected chi connectivity index (χ3v) is 5.77. The Bertz CT molecular complexity index is 920. The van der Waals surface area contributed by atoms with Gasteiger partial charge in [-0.1, -0.05) is 23.9 Å². The number of piperazine rings is 1. The number of rotatable bonds is 6. The molecule has 4 rings (SSSR count). The number of carbonyl (C=O) groups is 1. The summed E-state index contributed by atoms with van der Waals surface area (Å²) in [5, 5.41) is 10.3. The molecule has 0 radical (unpaired) electrons. The van der Waals surface area contributed by atoms with Crippen molar-refractivity contribution in [2.45, 2.75) is 10.9 Å². The number of aromatic amines is 1. The molecule has 1 aromatic carbocycles. The van der Waals surface area contributed by atoms with Crippen LogP contribution in [0.1, 0.15) is 15.9 Å². The lowest BCUT2D eigenvalue weighted by Gasteiger charge is -2.33. The predicted octanol–water partition coefficient (Wildman–Crippen LogP) is 2.50. The molecular formula is C20H23N7OS. The number of anilines is 2.